The van der Waals surface area contributed by atoms with Crippen LogP contribution < -0.4 is 0 Å². The van der Waals surface area contributed by atoms with Gasteiger partial charge in [-0.1, -0.05) is 5.16 Å². The van der Waals surface area contributed by atoms with Crippen LogP contribution in [-0.2, 0) is 0 Å². The summed E-state index contributed by atoms with van der Waals surface area (Å²) in [6.45, 7) is 0. The van der Waals surface area contributed by atoms with Crippen LogP contribution in [0.15, 0.2) is 20.4 Å². The average molecular weight is 316 g/mol. The second-order valence-corrected chi connectivity index (χ2v) is 5.61. The standard InChI is InChI=1S/C9H6BrN3O3S/c10-4-1-7(17-3-4)8-11-9(16-12-8)5-2-6(5)13(14)15/h1,3,5-6H,2H2/t5-,6+/m0/s1. The van der Waals surface area contributed by atoms with Crippen LogP contribution in [0.1, 0.15) is 18.2 Å². The Morgan fingerprint density at radius 3 is 3.06 bits per heavy atom. The molecule has 0 aromatic carbocycles. The maximum absolute atomic E-state index is 10.5. The van der Waals surface area contributed by atoms with Crippen LogP contribution in [0.25, 0.3) is 10.7 Å². The number of aromatic nitrogens is 2. The van der Waals surface area contributed by atoms with E-state index in [-0.39, 0.29) is 10.8 Å². The van der Waals surface area contributed by atoms with E-state index in [0.717, 1.165) is 9.35 Å². The van der Waals surface area contributed by atoms with E-state index >= 15 is 0 Å². The summed E-state index contributed by atoms with van der Waals surface area (Å²) in [4.78, 5) is 15.3. The minimum absolute atomic E-state index is 0.213. The Kier molecular flexibility index (Phi) is 2.48. The number of nitro groups is 1. The lowest BCUT2D eigenvalue weighted by molar-refractivity contribution is -0.496. The molecule has 2 heterocycles. The number of nitrogens with zero attached hydrogens (tertiary/aromatic N) is 3. The summed E-state index contributed by atoms with van der Waals surface area (Å²) in [5, 5.41) is 16.3. The van der Waals surface area contributed by atoms with Gasteiger partial charge in [0.25, 0.3) is 0 Å². The van der Waals surface area contributed by atoms with Gasteiger partial charge in [-0.3, -0.25) is 10.1 Å². The van der Waals surface area contributed by atoms with E-state index in [9.17, 15) is 10.1 Å². The molecule has 1 saturated carbocycles. The molecule has 8 heteroatoms. The van der Waals surface area contributed by atoms with E-state index in [1.54, 1.807) is 0 Å². The van der Waals surface area contributed by atoms with Gasteiger partial charge in [-0.25, -0.2) is 0 Å². The van der Waals surface area contributed by atoms with Crippen molar-refractivity contribution in [2.75, 3.05) is 0 Å². The summed E-state index contributed by atoms with van der Waals surface area (Å²) in [6.07, 6.45) is 0.489. The minimum atomic E-state index is -0.557. The van der Waals surface area contributed by atoms with Crippen molar-refractivity contribution in [3.05, 3.63) is 31.9 Å². The van der Waals surface area contributed by atoms with Crippen molar-refractivity contribution in [2.45, 2.75) is 18.4 Å². The van der Waals surface area contributed by atoms with Gasteiger partial charge in [-0.05, 0) is 22.0 Å². The van der Waals surface area contributed by atoms with Crippen LogP contribution in [0.5, 0.6) is 0 Å². The highest BCUT2D eigenvalue weighted by molar-refractivity contribution is 9.10. The maximum atomic E-state index is 10.5. The molecule has 2 atom stereocenters. The molecule has 17 heavy (non-hydrogen) atoms. The zero-order valence-electron chi connectivity index (χ0n) is 8.37. The third-order valence-corrected chi connectivity index (χ3v) is 4.26. The molecule has 0 saturated heterocycles. The van der Waals surface area contributed by atoms with Gasteiger partial charge in [-0.2, -0.15) is 4.98 Å². The fourth-order valence-corrected chi connectivity index (χ4v) is 2.95. The molecule has 0 radical (unpaired) electrons. The van der Waals surface area contributed by atoms with Crippen LogP contribution in [-0.4, -0.2) is 21.1 Å². The molecule has 0 amide bonds. The average Bonchev–Trinajstić information content (AvgIpc) is 2.74. The molecule has 0 aliphatic heterocycles. The second kappa shape index (κ2) is 3.88. The smallest absolute Gasteiger partial charge is 0.237 e. The van der Waals surface area contributed by atoms with Crippen molar-refractivity contribution in [1.29, 1.82) is 0 Å². The van der Waals surface area contributed by atoms with E-state index in [0.29, 0.717) is 18.1 Å². The summed E-state index contributed by atoms with van der Waals surface area (Å²) >= 11 is 4.83. The molecule has 0 spiro atoms. The van der Waals surface area contributed by atoms with E-state index < -0.39 is 6.04 Å². The molecule has 2 aromatic rings. The highest BCUT2D eigenvalue weighted by atomic mass is 79.9. The first-order valence-corrected chi connectivity index (χ1v) is 6.54. The zero-order chi connectivity index (χ0) is 12.0. The SMILES string of the molecule is O=[N+]([O-])[C@@H]1C[C@@H]1c1nc(-c2cc(Br)cs2)no1. The van der Waals surface area contributed by atoms with Crippen LogP contribution in [0.2, 0.25) is 0 Å². The molecule has 1 aliphatic carbocycles. The Morgan fingerprint density at radius 1 is 1.65 bits per heavy atom. The highest BCUT2D eigenvalue weighted by Gasteiger charge is 2.53. The molecule has 6 nitrogen and oxygen atoms in total. The molecule has 0 N–H and O–H groups in total. The molecule has 0 unspecified atom stereocenters. The van der Waals surface area contributed by atoms with E-state index in [4.69, 9.17) is 4.52 Å². The Hall–Kier alpha value is -1.28. The van der Waals surface area contributed by atoms with Crippen LogP contribution in [0.4, 0.5) is 0 Å². The minimum Gasteiger partial charge on any atom is -0.338 e. The second-order valence-electron chi connectivity index (χ2n) is 3.78. The number of thiophene rings is 1. The van der Waals surface area contributed by atoms with Crippen molar-refractivity contribution in [2.24, 2.45) is 0 Å². The summed E-state index contributed by atoms with van der Waals surface area (Å²) < 4.78 is 6.02. The first-order valence-electron chi connectivity index (χ1n) is 4.86. The molecule has 1 fully saturated rings. The lowest BCUT2D eigenvalue weighted by Gasteiger charge is -1.85. The summed E-state index contributed by atoms with van der Waals surface area (Å²) in [6, 6.07) is 1.33. The third-order valence-electron chi connectivity index (χ3n) is 2.57. The molecule has 1 aliphatic rings. The predicted molar refractivity (Wildman–Crippen MR) is 63.5 cm³/mol. The van der Waals surface area contributed by atoms with Crippen molar-refractivity contribution in [3.8, 4) is 10.7 Å². The van der Waals surface area contributed by atoms with Gasteiger partial charge in [-0.15, -0.1) is 11.3 Å². The molecule has 0 bridgehead atoms. The van der Waals surface area contributed by atoms with Crippen molar-refractivity contribution in [3.63, 3.8) is 0 Å². The van der Waals surface area contributed by atoms with Crippen LogP contribution >= 0.6 is 27.3 Å². The van der Waals surface area contributed by atoms with E-state index in [1.807, 2.05) is 11.4 Å². The van der Waals surface area contributed by atoms with Gasteiger partial charge in [0.2, 0.25) is 17.8 Å². The molecule has 88 valence electrons. The summed E-state index contributed by atoms with van der Waals surface area (Å²) in [5.41, 5.74) is 0. The first kappa shape index (κ1) is 10.8. The zero-order valence-corrected chi connectivity index (χ0v) is 10.8. The normalized spacial score (nSPS) is 22.6. The van der Waals surface area contributed by atoms with Gasteiger partial charge in [0.1, 0.15) is 5.92 Å². The number of rotatable bonds is 3. The highest BCUT2D eigenvalue weighted by Crippen LogP contribution is 2.42. The Labute approximate surface area is 108 Å². The fourth-order valence-electron chi connectivity index (χ4n) is 1.60. The third kappa shape index (κ3) is 1.98. The van der Waals surface area contributed by atoms with Gasteiger partial charge in [0.05, 0.1) is 4.88 Å². The van der Waals surface area contributed by atoms with Crippen LogP contribution in [0.3, 0.4) is 0 Å². The van der Waals surface area contributed by atoms with Gasteiger partial charge in [0.15, 0.2) is 0 Å². The first-order chi connectivity index (χ1) is 8.15. The molecule has 3 rings (SSSR count). The van der Waals surface area contributed by atoms with Gasteiger partial charge in [0, 0.05) is 21.2 Å². The fraction of sp³-hybridized carbons (Fsp3) is 0.333. The van der Waals surface area contributed by atoms with E-state index in [2.05, 4.69) is 26.1 Å². The monoisotopic (exact) mass is 315 g/mol. The number of hydrogen-bond donors (Lipinski definition) is 0. The van der Waals surface area contributed by atoms with Gasteiger partial charge < -0.3 is 4.52 Å². The molecular formula is C9H6BrN3O3S. The Balaban J connectivity index is 1.82. The lowest BCUT2D eigenvalue weighted by atomic mass is 10.4. The quantitative estimate of drug-likeness (QED) is 0.642. The Morgan fingerprint density at radius 2 is 2.47 bits per heavy atom. The molecular weight excluding hydrogens is 310 g/mol. The van der Waals surface area contributed by atoms with Crippen molar-refractivity contribution >= 4 is 27.3 Å². The van der Waals surface area contributed by atoms with Crippen molar-refractivity contribution < 1.29 is 9.45 Å². The lowest BCUT2D eigenvalue weighted by Crippen LogP contribution is -2.02. The maximum Gasteiger partial charge on any atom is 0.237 e. The largest absolute Gasteiger partial charge is 0.338 e. The topological polar surface area (TPSA) is 82.1 Å². The van der Waals surface area contributed by atoms with Gasteiger partial charge >= 0.3 is 0 Å². The Bertz CT molecular complexity index is 582. The van der Waals surface area contributed by atoms with E-state index in [1.165, 1.54) is 11.3 Å². The molecule has 2 aromatic heterocycles. The number of hydrogen-bond acceptors (Lipinski definition) is 6. The van der Waals surface area contributed by atoms with Crippen molar-refractivity contribution in [1.82, 2.24) is 10.1 Å². The summed E-state index contributed by atoms with van der Waals surface area (Å²) in [7, 11) is 0. The van der Waals surface area contributed by atoms with Crippen LogP contribution in [0, 0.1) is 10.1 Å². The summed E-state index contributed by atoms with van der Waals surface area (Å²) in [5.74, 6) is 0.644. The predicted octanol–water partition coefficient (Wildman–Crippen LogP) is 2.69. The number of halogens is 1.